The van der Waals surface area contributed by atoms with Crippen LogP contribution in [0.15, 0.2) is 12.2 Å². The summed E-state index contributed by atoms with van der Waals surface area (Å²) in [4.78, 5) is 0. The van der Waals surface area contributed by atoms with E-state index in [1.54, 1.807) is 7.11 Å². The van der Waals surface area contributed by atoms with Gasteiger partial charge in [-0.3, -0.25) is 0 Å². The summed E-state index contributed by atoms with van der Waals surface area (Å²) in [6.45, 7) is 9.01. The van der Waals surface area contributed by atoms with Crippen molar-refractivity contribution in [3.63, 3.8) is 0 Å². The minimum atomic E-state index is -0.662. The lowest BCUT2D eigenvalue weighted by Crippen LogP contribution is -2.55. The molecule has 8 atom stereocenters. The van der Waals surface area contributed by atoms with Crippen LogP contribution >= 0.6 is 0 Å². The van der Waals surface area contributed by atoms with E-state index in [0.717, 1.165) is 61.9 Å². The van der Waals surface area contributed by atoms with Crippen LogP contribution in [-0.2, 0) is 4.74 Å². The summed E-state index contributed by atoms with van der Waals surface area (Å²) in [5, 5.41) is 22.3. The Bertz CT molecular complexity index is 574. The molecule has 2 N–H and O–H groups in total. The Morgan fingerprint density at radius 1 is 1.00 bits per heavy atom. The van der Waals surface area contributed by atoms with Crippen LogP contribution in [0.1, 0.15) is 71.6 Å². The predicted molar refractivity (Wildman–Crippen MR) is 104 cm³/mol. The smallest absolute Gasteiger partial charge is 0.0907 e. The van der Waals surface area contributed by atoms with E-state index in [1.165, 1.54) is 19.3 Å². The zero-order valence-corrected chi connectivity index (χ0v) is 17.0. The minimum absolute atomic E-state index is 0.0122. The normalized spacial score (nSPS) is 53.5. The number of hydrogen-bond donors (Lipinski definition) is 2. The molecule has 0 unspecified atom stereocenters. The SMILES string of the molecule is C=C(C)[C@@]1(O)CC[C@H]2[C@@H]3CC[C@@H]4C[C@@](O)(COC)CC[C@@H]4[C@H]3CC[C@@]21C. The number of methoxy groups -OCH3 is 1. The van der Waals surface area contributed by atoms with Crippen LogP contribution in [-0.4, -0.2) is 35.1 Å². The van der Waals surface area contributed by atoms with Crippen molar-refractivity contribution < 1.29 is 14.9 Å². The van der Waals surface area contributed by atoms with E-state index < -0.39 is 11.2 Å². The highest BCUT2D eigenvalue weighted by Crippen LogP contribution is 2.66. The molecule has 0 saturated heterocycles. The predicted octanol–water partition coefficient (Wildman–Crippen LogP) is 4.32. The fourth-order valence-electron chi connectivity index (χ4n) is 8.08. The van der Waals surface area contributed by atoms with Gasteiger partial charge in [-0.15, -0.1) is 0 Å². The molecule has 4 rings (SSSR count). The van der Waals surface area contributed by atoms with Gasteiger partial charge in [0.1, 0.15) is 0 Å². The average Bonchev–Trinajstić information content (AvgIpc) is 2.87. The van der Waals surface area contributed by atoms with E-state index in [4.69, 9.17) is 4.74 Å². The molecule has 26 heavy (non-hydrogen) atoms. The molecule has 0 aliphatic heterocycles. The van der Waals surface area contributed by atoms with Crippen molar-refractivity contribution >= 4 is 0 Å². The van der Waals surface area contributed by atoms with E-state index >= 15 is 0 Å². The average molecular weight is 363 g/mol. The second-order valence-corrected chi connectivity index (χ2v) is 10.5. The molecule has 148 valence electrons. The second kappa shape index (κ2) is 6.32. The number of fused-ring (bicyclic) bond motifs is 5. The van der Waals surface area contributed by atoms with Gasteiger partial charge in [-0.05, 0) is 99.9 Å². The first kappa shape index (κ1) is 19.0. The summed E-state index contributed by atoms with van der Waals surface area (Å²) in [5.41, 5.74) is -0.278. The first-order chi connectivity index (χ1) is 12.2. The number of hydrogen-bond acceptors (Lipinski definition) is 3. The summed E-state index contributed by atoms with van der Waals surface area (Å²) in [7, 11) is 1.70. The lowest BCUT2D eigenvalue weighted by Gasteiger charge is -2.58. The van der Waals surface area contributed by atoms with Gasteiger partial charge in [0.25, 0.3) is 0 Å². The summed E-state index contributed by atoms with van der Waals surface area (Å²) >= 11 is 0. The highest BCUT2D eigenvalue weighted by Gasteiger charge is 2.63. The summed E-state index contributed by atoms with van der Waals surface area (Å²) < 4.78 is 5.30. The molecule has 0 amide bonds. The van der Waals surface area contributed by atoms with Gasteiger partial charge in [-0.2, -0.15) is 0 Å². The van der Waals surface area contributed by atoms with Crippen LogP contribution in [0.4, 0.5) is 0 Å². The molecule has 0 bridgehead atoms. The van der Waals surface area contributed by atoms with Crippen molar-refractivity contribution in [2.24, 2.45) is 35.0 Å². The molecule has 0 spiro atoms. The van der Waals surface area contributed by atoms with Gasteiger partial charge < -0.3 is 14.9 Å². The molecule has 3 nitrogen and oxygen atoms in total. The Labute approximate surface area is 159 Å². The van der Waals surface area contributed by atoms with E-state index in [-0.39, 0.29) is 5.41 Å². The Hall–Kier alpha value is -0.380. The molecule has 4 fully saturated rings. The maximum Gasteiger partial charge on any atom is 0.0907 e. The van der Waals surface area contributed by atoms with Gasteiger partial charge in [0.15, 0.2) is 0 Å². The topological polar surface area (TPSA) is 49.7 Å². The van der Waals surface area contributed by atoms with Crippen molar-refractivity contribution in [1.29, 1.82) is 0 Å². The van der Waals surface area contributed by atoms with Crippen LogP contribution < -0.4 is 0 Å². The maximum absolute atomic E-state index is 11.4. The molecule has 0 aromatic carbocycles. The van der Waals surface area contributed by atoms with Crippen LogP contribution in [0, 0.1) is 35.0 Å². The summed E-state index contributed by atoms with van der Waals surface area (Å²) in [6.07, 6.45) is 9.93. The Morgan fingerprint density at radius 2 is 1.73 bits per heavy atom. The maximum atomic E-state index is 11.4. The fourth-order valence-corrected chi connectivity index (χ4v) is 8.08. The van der Waals surface area contributed by atoms with Crippen molar-refractivity contribution in [3.8, 4) is 0 Å². The quantitative estimate of drug-likeness (QED) is 0.735. The van der Waals surface area contributed by atoms with Gasteiger partial charge in [-0.25, -0.2) is 0 Å². The van der Waals surface area contributed by atoms with E-state index in [0.29, 0.717) is 18.4 Å². The third kappa shape index (κ3) is 2.57. The number of aliphatic hydroxyl groups is 2. The molecule has 4 aliphatic carbocycles. The van der Waals surface area contributed by atoms with Crippen molar-refractivity contribution in [3.05, 3.63) is 12.2 Å². The molecule has 0 aromatic heterocycles. The fraction of sp³-hybridized carbons (Fsp3) is 0.913. The monoisotopic (exact) mass is 362 g/mol. The molecule has 3 heteroatoms. The molecular weight excluding hydrogens is 324 g/mol. The lowest BCUT2D eigenvalue weighted by atomic mass is 9.48. The summed E-state index contributed by atoms with van der Waals surface area (Å²) in [5.74, 6) is 3.64. The van der Waals surface area contributed by atoms with Crippen LogP contribution in [0.5, 0.6) is 0 Å². The molecule has 4 saturated carbocycles. The number of ether oxygens (including phenoxy) is 1. The molecule has 4 aliphatic rings. The van der Waals surface area contributed by atoms with Gasteiger partial charge >= 0.3 is 0 Å². The summed E-state index contributed by atoms with van der Waals surface area (Å²) in [6, 6.07) is 0. The van der Waals surface area contributed by atoms with E-state index in [1.807, 2.05) is 6.92 Å². The zero-order valence-electron chi connectivity index (χ0n) is 17.0. The van der Waals surface area contributed by atoms with Gasteiger partial charge in [-0.1, -0.05) is 13.5 Å². The van der Waals surface area contributed by atoms with Gasteiger partial charge in [0, 0.05) is 12.5 Å². The largest absolute Gasteiger partial charge is 0.387 e. The van der Waals surface area contributed by atoms with Gasteiger partial charge in [0.2, 0.25) is 0 Å². The van der Waals surface area contributed by atoms with E-state index in [9.17, 15) is 10.2 Å². The van der Waals surface area contributed by atoms with Crippen molar-refractivity contribution in [2.45, 2.75) is 82.8 Å². The Morgan fingerprint density at radius 3 is 2.42 bits per heavy atom. The van der Waals surface area contributed by atoms with Gasteiger partial charge in [0.05, 0.1) is 17.8 Å². The molecule has 0 aromatic rings. The minimum Gasteiger partial charge on any atom is -0.387 e. The lowest BCUT2D eigenvalue weighted by molar-refractivity contribution is -0.139. The zero-order chi connectivity index (χ0) is 18.7. The highest BCUT2D eigenvalue weighted by atomic mass is 16.5. The van der Waals surface area contributed by atoms with Crippen LogP contribution in [0.2, 0.25) is 0 Å². The van der Waals surface area contributed by atoms with Crippen LogP contribution in [0.3, 0.4) is 0 Å². The third-order valence-corrected chi connectivity index (χ3v) is 9.37. The Balaban J connectivity index is 1.54. The molecule has 0 radical (unpaired) electrons. The highest BCUT2D eigenvalue weighted by molar-refractivity contribution is 5.24. The second-order valence-electron chi connectivity index (χ2n) is 10.5. The Kier molecular flexibility index (Phi) is 4.61. The first-order valence-electron chi connectivity index (χ1n) is 10.8. The van der Waals surface area contributed by atoms with Crippen molar-refractivity contribution in [2.75, 3.05) is 13.7 Å². The van der Waals surface area contributed by atoms with E-state index in [2.05, 4.69) is 13.5 Å². The third-order valence-electron chi connectivity index (χ3n) is 9.37. The molecule has 0 heterocycles. The first-order valence-corrected chi connectivity index (χ1v) is 10.8. The van der Waals surface area contributed by atoms with Crippen LogP contribution in [0.25, 0.3) is 0 Å². The number of rotatable bonds is 3. The molecular formula is C23H38O3. The standard InChI is InChI=1S/C23H38O3/c1-15(2)23(25)12-9-20-19-6-5-16-13-22(24,14-26-4)11-8-17(16)18(19)7-10-21(20,23)3/h16-20,24-25H,1,5-14H2,2-4H3/t16-,17+,18-,19-,20+,21+,22-,23+/m1/s1. The van der Waals surface area contributed by atoms with Crippen molar-refractivity contribution in [1.82, 2.24) is 0 Å².